The van der Waals surface area contributed by atoms with Gasteiger partial charge in [-0.2, -0.15) is 11.8 Å². The number of hydrogen-bond donors (Lipinski definition) is 1. The third kappa shape index (κ3) is 2.53. The number of nitrogens with zero attached hydrogens (tertiary/aromatic N) is 1. The van der Waals surface area contributed by atoms with Gasteiger partial charge in [0.15, 0.2) is 0 Å². The van der Waals surface area contributed by atoms with E-state index in [4.69, 9.17) is 0 Å². The average Bonchev–Trinajstić information content (AvgIpc) is 2.75. The van der Waals surface area contributed by atoms with Crippen LogP contribution in [-0.4, -0.2) is 9.97 Å². The van der Waals surface area contributed by atoms with E-state index >= 15 is 0 Å². The third-order valence-electron chi connectivity index (χ3n) is 2.93. The number of thioether (sulfide) groups is 1. The van der Waals surface area contributed by atoms with E-state index in [0.29, 0.717) is 28.5 Å². The SMILES string of the molecule is O=c1[nH]c(Cc2cc(F)cc(F)c2)nc2c1CSC2. The number of aromatic amines is 1. The zero-order chi connectivity index (χ0) is 13.4. The molecule has 1 aromatic carbocycles. The van der Waals surface area contributed by atoms with Gasteiger partial charge in [-0.05, 0) is 17.7 Å². The van der Waals surface area contributed by atoms with Crippen LogP contribution >= 0.6 is 11.8 Å². The molecule has 0 saturated carbocycles. The lowest BCUT2D eigenvalue weighted by molar-refractivity contribution is 0.580. The van der Waals surface area contributed by atoms with Crippen molar-refractivity contribution in [2.45, 2.75) is 17.9 Å². The molecule has 0 spiro atoms. The van der Waals surface area contributed by atoms with Gasteiger partial charge in [0.05, 0.1) is 5.69 Å². The number of rotatable bonds is 2. The summed E-state index contributed by atoms with van der Waals surface area (Å²) in [6.45, 7) is 0. The topological polar surface area (TPSA) is 45.8 Å². The van der Waals surface area contributed by atoms with Crippen LogP contribution in [0.15, 0.2) is 23.0 Å². The lowest BCUT2D eigenvalue weighted by Crippen LogP contribution is -2.17. The molecular weight excluding hydrogens is 270 g/mol. The Morgan fingerprint density at radius 3 is 2.68 bits per heavy atom. The molecule has 0 bridgehead atoms. The number of benzene rings is 1. The van der Waals surface area contributed by atoms with Crippen LogP contribution < -0.4 is 5.56 Å². The van der Waals surface area contributed by atoms with E-state index in [1.165, 1.54) is 12.1 Å². The Balaban J connectivity index is 1.95. The fraction of sp³-hybridized carbons (Fsp3) is 0.231. The van der Waals surface area contributed by atoms with Gasteiger partial charge in [0.1, 0.15) is 17.5 Å². The maximum Gasteiger partial charge on any atom is 0.255 e. The third-order valence-corrected chi connectivity index (χ3v) is 3.90. The van der Waals surface area contributed by atoms with Crippen molar-refractivity contribution >= 4 is 11.8 Å². The van der Waals surface area contributed by atoms with Gasteiger partial charge in [0, 0.05) is 29.6 Å². The number of H-pyrrole nitrogens is 1. The molecule has 98 valence electrons. The molecule has 3 nitrogen and oxygen atoms in total. The quantitative estimate of drug-likeness (QED) is 0.918. The van der Waals surface area contributed by atoms with Gasteiger partial charge < -0.3 is 4.98 Å². The molecule has 1 aliphatic rings. The minimum Gasteiger partial charge on any atom is -0.310 e. The largest absolute Gasteiger partial charge is 0.310 e. The first kappa shape index (κ1) is 12.3. The number of nitrogens with one attached hydrogen (secondary N) is 1. The maximum atomic E-state index is 13.1. The van der Waals surface area contributed by atoms with E-state index in [-0.39, 0.29) is 12.0 Å². The van der Waals surface area contributed by atoms with Gasteiger partial charge in [0.25, 0.3) is 5.56 Å². The summed E-state index contributed by atoms with van der Waals surface area (Å²) in [7, 11) is 0. The van der Waals surface area contributed by atoms with E-state index in [1.807, 2.05) is 0 Å². The number of hydrogen-bond acceptors (Lipinski definition) is 3. The first-order valence-corrected chi connectivity index (χ1v) is 6.91. The summed E-state index contributed by atoms with van der Waals surface area (Å²) >= 11 is 1.63. The van der Waals surface area contributed by atoms with Gasteiger partial charge in [-0.25, -0.2) is 13.8 Å². The number of aromatic nitrogens is 2. The minimum atomic E-state index is -0.630. The van der Waals surface area contributed by atoms with Crippen molar-refractivity contribution in [1.29, 1.82) is 0 Å². The lowest BCUT2D eigenvalue weighted by atomic mass is 10.1. The minimum absolute atomic E-state index is 0.151. The molecule has 2 heterocycles. The highest BCUT2D eigenvalue weighted by Gasteiger charge is 2.17. The molecule has 0 atom stereocenters. The Hall–Kier alpha value is -1.69. The van der Waals surface area contributed by atoms with Crippen LogP contribution in [0.2, 0.25) is 0 Å². The first-order valence-electron chi connectivity index (χ1n) is 5.75. The zero-order valence-electron chi connectivity index (χ0n) is 9.87. The summed E-state index contributed by atoms with van der Waals surface area (Å²) in [5.74, 6) is 0.565. The average molecular weight is 280 g/mol. The van der Waals surface area contributed by atoms with E-state index in [2.05, 4.69) is 9.97 Å². The molecule has 6 heteroatoms. The van der Waals surface area contributed by atoms with Crippen molar-refractivity contribution in [1.82, 2.24) is 9.97 Å². The van der Waals surface area contributed by atoms with Crippen molar-refractivity contribution in [2.75, 3.05) is 0 Å². The highest BCUT2D eigenvalue weighted by molar-refractivity contribution is 7.98. The highest BCUT2D eigenvalue weighted by Crippen LogP contribution is 2.25. The predicted molar refractivity (Wildman–Crippen MR) is 69.0 cm³/mol. The molecule has 0 aliphatic carbocycles. The van der Waals surface area contributed by atoms with Crippen LogP contribution in [0, 0.1) is 11.6 Å². The Kier molecular flexibility index (Phi) is 3.10. The molecule has 2 aromatic rings. The molecule has 0 saturated heterocycles. The normalized spacial score (nSPS) is 13.6. The van der Waals surface area contributed by atoms with Crippen LogP contribution in [0.1, 0.15) is 22.6 Å². The van der Waals surface area contributed by atoms with Crippen molar-refractivity contribution in [3.8, 4) is 0 Å². The van der Waals surface area contributed by atoms with Crippen LogP contribution in [0.4, 0.5) is 8.78 Å². The smallest absolute Gasteiger partial charge is 0.255 e. The highest BCUT2D eigenvalue weighted by atomic mass is 32.2. The predicted octanol–water partition coefficient (Wildman–Crippen LogP) is 2.39. The van der Waals surface area contributed by atoms with E-state index in [1.54, 1.807) is 11.8 Å². The fourth-order valence-corrected chi connectivity index (χ4v) is 3.14. The summed E-state index contributed by atoms with van der Waals surface area (Å²) in [5.41, 5.74) is 1.79. The van der Waals surface area contributed by atoms with Gasteiger partial charge in [-0.15, -0.1) is 0 Å². The van der Waals surface area contributed by atoms with Crippen LogP contribution in [0.5, 0.6) is 0 Å². The monoisotopic (exact) mass is 280 g/mol. The van der Waals surface area contributed by atoms with Crippen molar-refractivity contribution in [2.24, 2.45) is 0 Å². The van der Waals surface area contributed by atoms with Crippen molar-refractivity contribution < 1.29 is 8.78 Å². The Labute approximate surface area is 112 Å². The number of halogens is 2. The molecule has 0 amide bonds. The van der Waals surface area contributed by atoms with Crippen molar-refractivity contribution in [3.05, 3.63) is 62.8 Å². The first-order chi connectivity index (χ1) is 9.11. The Bertz CT molecular complexity index is 679. The van der Waals surface area contributed by atoms with Gasteiger partial charge in [0.2, 0.25) is 0 Å². The summed E-state index contributed by atoms with van der Waals surface area (Å²) in [5, 5.41) is 0. The zero-order valence-corrected chi connectivity index (χ0v) is 10.7. The van der Waals surface area contributed by atoms with E-state index in [9.17, 15) is 13.6 Å². The standard InChI is InChI=1S/C13H10F2N2OS/c14-8-1-7(2-9(15)4-8)3-12-16-11-6-19-5-10(11)13(18)17-12/h1-2,4H,3,5-6H2,(H,16,17,18). The maximum absolute atomic E-state index is 13.1. The molecule has 19 heavy (non-hydrogen) atoms. The lowest BCUT2D eigenvalue weighted by Gasteiger charge is -2.04. The van der Waals surface area contributed by atoms with Crippen LogP contribution in [0.3, 0.4) is 0 Å². The molecule has 3 rings (SSSR count). The second-order valence-electron chi connectivity index (χ2n) is 4.39. The molecule has 1 aliphatic heterocycles. The summed E-state index contributed by atoms with van der Waals surface area (Å²) < 4.78 is 26.2. The second-order valence-corrected chi connectivity index (χ2v) is 5.37. The van der Waals surface area contributed by atoms with E-state index < -0.39 is 11.6 Å². The molecule has 1 N–H and O–H groups in total. The van der Waals surface area contributed by atoms with Crippen LogP contribution in [0.25, 0.3) is 0 Å². The Morgan fingerprint density at radius 2 is 1.95 bits per heavy atom. The summed E-state index contributed by atoms with van der Waals surface area (Å²) in [4.78, 5) is 18.8. The summed E-state index contributed by atoms with van der Waals surface area (Å²) in [6, 6.07) is 3.30. The number of fused-ring (bicyclic) bond motifs is 1. The van der Waals surface area contributed by atoms with Crippen molar-refractivity contribution in [3.63, 3.8) is 0 Å². The molecule has 0 fully saturated rings. The van der Waals surface area contributed by atoms with Gasteiger partial charge in [-0.3, -0.25) is 4.79 Å². The van der Waals surface area contributed by atoms with Gasteiger partial charge >= 0.3 is 0 Å². The van der Waals surface area contributed by atoms with Crippen LogP contribution in [-0.2, 0) is 17.9 Å². The fourth-order valence-electron chi connectivity index (χ4n) is 2.10. The Morgan fingerprint density at radius 1 is 1.21 bits per heavy atom. The van der Waals surface area contributed by atoms with Gasteiger partial charge in [-0.1, -0.05) is 0 Å². The molecule has 1 aromatic heterocycles. The summed E-state index contributed by atoms with van der Waals surface area (Å²) in [6.07, 6.45) is 0.210. The molecular formula is C13H10F2N2OS. The second kappa shape index (κ2) is 4.77. The van der Waals surface area contributed by atoms with E-state index in [0.717, 1.165) is 11.8 Å². The molecule has 0 radical (unpaired) electrons. The molecule has 0 unspecified atom stereocenters.